The van der Waals surface area contributed by atoms with Crippen molar-refractivity contribution in [3.05, 3.63) is 11.9 Å². The Morgan fingerprint density at radius 1 is 1.57 bits per heavy atom. The fraction of sp³-hybridized carbons (Fsp3) is 0.667. The predicted octanol–water partition coefficient (Wildman–Crippen LogP) is 1.10. The van der Waals surface area contributed by atoms with Crippen molar-refractivity contribution in [1.29, 1.82) is 0 Å². The fourth-order valence-corrected chi connectivity index (χ4v) is 1.18. The number of carboxylic acid groups (broad SMARTS) is 1. The maximum atomic E-state index is 10.4. The van der Waals surface area contributed by atoms with Gasteiger partial charge < -0.3 is 5.11 Å². The van der Waals surface area contributed by atoms with Gasteiger partial charge in [-0.1, -0.05) is 19.8 Å². The molecule has 0 spiro atoms. The minimum atomic E-state index is -0.870. The Hall–Kier alpha value is -1.39. The summed E-state index contributed by atoms with van der Waals surface area (Å²) in [6, 6.07) is 0. The van der Waals surface area contributed by atoms with E-state index in [0.717, 1.165) is 25.8 Å². The molecule has 0 amide bonds. The number of rotatable bonds is 6. The highest BCUT2D eigenvalue weighted by Crippen LogP contribution is 1.98. The summed E-state index contributed by atoms with van der Waals surface area (Å²) < 4.78 is 0. The summed E-state index contributed by atoms with van der Waals surface area (Å²) >= 11 is 0. The summed E-state index contributed by atoms with van der Waals surface area (Å²) in [5, 5.41) is 16.5. The van der Waals surface area contributed by atoms with E-state index < -0.39 is 5.97 Å². The number of carbonyl (C=O) groups is 1. The highest BCUT2D eigenvalue weighted by atomic mass is 16.4. The molecule has 78 valence electrons. The van der Waals surface area contributed by atoms with Crippen LogP contribution in [-0.4, -0.2) is 26.1 Å². The highest BCUT2D eigenvalue weighted by Gasteiger charge is 2.04. The number of aliphatic carboxylic acids is 1. The topological polar surface area (TPSA) is 68.0 Å². The molecule has 0 bridgehead atoms. The number of unbranched alkanes of at least 4 members (excludes halogenated alkanes) is 2. The Bertz CT molecular complexity index is 296. The van der Waals surface area contributed by atoms with E-state index in [1.54, 1.807) is 4.80 Å². The molecule has 0 atom stereocenters. The molecule has 1 aromatic heterocycles. The van der Waals surface area contributed by atoms with E-state index in [-0.39, 0.29) is 6.42 Å². The first-order valence-corrected chi connectivity index (χ1v) is 4.83. The number of hydrogen-bond donors (Lipinski definition) is 1. The van der Waals surface area contributed by atoms with Crippen molar-refractivity contribution in [2.45, 2.75) is 39.2 Å². The zero-order chi connectivity index (χ0) is 10.4. The lowest BCUT2D eigenvalue weighted by Gasteiger charge is -1.97. The van der Waals surface area contributed by atoms with Crippen molar-refractivity contribution in [2.75, 3.05) is 0 Å². The monoisotopic (exact) mass is 197 g/mol. The molecule has 1 heterocycles. The van der Waals surface area contributed by atoms with Crippen LogP contribution in [0.3, 0.4) is 0 Å². The van der Waals surface area contributed by atoms with E-state index in [1.807, 2.05) is 0 Å². The third-order valence-corrected chi connectivity index (χ3v) is 1.88. The molecule has 5 heteroatoms. The van der Waals surface area contributed by atoms with Crippen LogP contribution >= 0.6 is 0 Å². The van der Waals surface area contributed by atoms with Crippen LogP contribution in [0.25, 0.3) is 0 Å². The fourth-order valence-electron chi connectivity index (χ4n) is 1.18. The van der Waals surface area contributed by atoms with Crippen LogP contribution in [0.5, 0.6) is 0 Å². The van der Waals surface area contributed by atoms with E-state index in [4.69, 9.17) is 5.11 Å². The summed E-state index contributed by atoms with van der Waals surface area (Å²) in [5.74, 6) is -0.870. The molecular weight excluding hydrogens is 182 g/mol. The van der Waals surface area contributed by atoms with E-state index in [9.17, 15) is 4.79 Å². The maximum absolute atomic E-state index is 10.4. The van der Waals surface area contributed by atoms with Crippen LogP contribution in [-0.2, 0) is 17.8 Å². The van der Waals surface area contributed by atoms with Gasteiger partial charge in [-0.3, -0.25) is 4.79 Å². The molecule has 0 fully saturated rings. The third kappa shape index (κ3) is 3.55. The molecule has 0 radical (unpaired) electrons. The third-order valence-electron chi connectivity index (χ3n) is 1.88. The van der Waals surface area contributed by atoms with Crippen LogP contribution in [0.2, 0.25) is 0 Å². The van der Waals surface area contributed by atoms with Crippen LogP contribution in [0.1, 0.15) is 31.9 Å². The maximum Gasteiger partial charge on any atom is 0.309 e. The molecule has 0 saturated heterocycles. The normalized spacial score (nSPS) is 10.4. The molecule has 1 aromatic rings. The van der Waals surface area contributed by atoms with Gasteiger partial charge in [0, 0.05) is 0 Å². The second kappa shape index (κ2) is 5.36. The van der Waals surface area contributed by atoms with Crippen molar-refractivity contribution in [3.63, 3.8) is 0 Å². The molecule has 0 aromatic carbocycles. The van der Waals surface area contributed by atoms with Gasteiger partial charge in [0.05, 0.1) is 24.9 Å². The lowest BCUT2D eigenvalue weighted by molar-refractivity contribution is -0.136. The molecule has 0 saturated carbocycles. The second-order valence-electron chi connectivity index (χ2n) is 3.21. The lowest BCUT2D eigenvalue weighted by atomic mass is 10.2. The highest BCUT2D eigenvalue weighted by molar-refractivity contribution is 5.69. The largest absolute Gasteiger partial charge is 0.481 e. The number of aromatic nitrogens is 3. The van der Waals surface area contributed by atoms with Crippen molar-refractivity contribution in [2.24, 2.45) is 0 Å². The standard InChI is InChI=1S/C9H15N3O2/c1-2-3-4-5-12-10-7-8(11-12)6-9(13)14/h7H,2-6H2,1H3,(H,13,14). The molecule has 0 aliphatic carbocycles. The molecule has 1 N–H and O–H groups in total. The van der Waals surface area contributed by atoms with E-state index >= 15 is 0 Å². The summed E-state index contributed by atoms with van der Waals surface area (Å²) in [6.45, 7) is 2.90. The Balaban J connectivity index is 2.38. The molecule has 0 unspecified atom stereocenters. The van der Waals surface area contributed by atoms with Crippen LogP contribution < -0.4 is 0 Å². The molecule has 0 aliphatic rings. The number of aryl methyl sites for hydroxylation is 1. The van der Waals surface area contributed by atoms with E-state index in [0.29, 0.717) is 5.69 Å². The van der Waals surface area contributed by atoms with Gasteiger partial charge in [-0.15, -0.1) is 0 Å². The number of carboxylic acids is 1. The van der Waals surface area contributed by atoms with Gasteiger partial charge in [0.15, 0.2) is 0 Å². The number of hydrogen-bond acceptors (Lipinski definition) is 3. The molecule has 5 nitrogen and oxygen atoms in total. The Morgan fingerprint density at radius 2 is 2.36 bits per heavy atom. The molecule has 0 aliphatic heterocycles. The predicted molar refractivity (Wildman–Crippen MR) is 50.9 cm³/mol. The van der Waals surface area contributed by atoms with E-state index in [1.165, 1.54) is 6.20 Å². The average molecular weight is 197 g/mol. The van der Waals surface area contributed by atoms with Gasteiger partial charge in [-0.2, -0.15) is 15.0 Å². The minimum Gasteiger partial charge on any atom is -0.481 e. The van der Waals surface area contributed by atoms with Crippen LogP contribution in [0, 0.1) is 0 Å². The van der Waals surface area contributed by atoms with Crippen molar-refractivity contribution in [1.82, 2.24) is 15.0 Å². The van der Waals surface area contributed by atoms with Gasteiger partial charge in [0.1, 0.15) is 0 Å². The Labute approximate surface area is 82.7 Å². The molecule has 14 heavy (non-hydrogen) atoms. The number of nitrogens with zero attached hydrogens (tertiary/aromatic N) is 3. The molecule has 1 rings (SSSR count). The van der Waals surface area contributed by atoms with Crippen LogP contribution in [0.4, 0.5) is 0 Å². The van der Waals surface area contributed by atoms with Crippen LogP contribution in [0.15, 0.2) is 6.20 Å². The summed E-state index contributed by atoms with van der Waals surface area (Å²) in [7, 11) is 0. The van der Waals surface area contributed by atoms with Gasteiger partial charge in [0.25, 0.3) is 0 Å². The van der Waals surface area contributed by atoms with Gasteiger partial charge >= 0.3 is 5.97 Å². The average Bonchev–Trinajstić information content (AvgIpc) is 2.52. The first kappa shape index (κ1) is 10.7. The quantitative estimate of drug-likeness (QED) is 0.693. The van der Waals surface area contributed by atoms with Gasteiger partial charge in [-0.05, 0) is 6.42 Å². The van der Waals surface area contributed by atoms with E-state index in [2.05, 4.69) is 17.1 Å². The van der Waals surface area contributed by atoms with Gasteiger partial charge in [-0.25, -0.2) is 0 Å². The Kier molecular flexibility index (Phi) is 4.10. The first-order valence-electron chi connectivity index (χ1n) is 4.83. The second-order valence-corrected chi connectivity index (χ2v) is 3.21. The summed E-state index contributed by atoms with van der Waals surface area (Å²) in [6.07, 6.45) is 4.81. The summed E-state index contributed by atoms with van der Waals surface area (Å²) in [5.41, 5.74) is 0.522. The first-order chi connectivity index (χ1) is 6.72. The zero-order valence-corrected chi connectivity index (χ0v) is 8.31. The smallest absolute Gasteiger partial charge is 0.309 e. The van der Waals surface area contributed by atoms with Crippen molar-refractivity contribution < 1.29 is 9.90 Å². The zero-order valence-electron chi connectivity index (χ0n) is 8.31. The SMILES string of the molecule is CCCCCn1ncc(CC(=O)O)n1. The Morgan fingerprint density at radius 3 is 3.00 bits per heavy atom. The van der Waals surface area contributed by atoms with Crippen molar-refractivity contribution in [3.8, 4) is 0 Å². The minimum absolute atomic E-state index is 0.0478. The molecular formula is C9H15N3O2. The summed E-state index contributed by atoms with van der Waals surface area (Å²) in [4.78, 5) is 11.9. The lowest BCUT2D eigenvalue weighted by Crippen LogP contribution is -2.05. The van der Waals surface area contributed by atoms with Gasteiger partial charge in [0.2, 0.25) is 0 Å². The van der Waals surface area contributed by atoms with Crippen molar-refractivity contribution >= 4 is 5.97 Å².